The Balaban J connectivity index is 1.74. The van der Waals surface area contributed by atoms with Crippen LogP contribution in [0, 0.1) is 34.5 Å². The number of hydrogen-bond donors (Lipinski definition) is 1. The Kier molecular flexibility index (Phi) is 4.00. The summed E-state index contributed by atoms with van der Waals surface area (Å²) in [5.74, 6) is -1.13. The minimum Gasteiger partial charge on any atom is -0.389 e. The number of fused-ring (bicyclic) bond motifs is 5. The van der Waals surface area contributed by atoms with Crippen molar-refractivity contribution in [2.24, 2.45) is 34.5 Å². The molecular formula is C21H29FO4. The lowest BCUT2D eigenvalue weighted by atomic mass is 9.43. The number of carbonyl (C=O) groups excluding carboxylic acids is 3. The molecule has 1 N–H and O–H groups in total. The first kappa shape index (κ1) is 18.3. The van der Waals surface area contributed by atoms with Crippen molar-refractivity contribution in [3.05, 3.63) is 0 Å². The van der Waals surface area contributed by atoms with Crippen LogP contribution >= 0.6 is 0 Å². The molecule has 0 unspecified atom stereocenters. The normalized spacial score (nSPS) is 50.8. The fraction of sp³-hybridized carbons (Fsp3) is 0.857. The number of halogens is 1. The number of ketones is 3. The molecule has 4 rings (SSSR count). The maximum atomic E-state index is 16.7. The summed E-state index contributed by atoms with van der Waals surface area (Å²) >= 11 is 0. The highest BCUT2D eigenvalue weighted by Crippen LogP contribution is 2.69. The lowest BCUT2D eigenvalue weighted by Gasteiger charge is -2.62. The maximum absolute atomic E-state index is 16.7. The lowest BCUT2D eigenvalue weighted by molar-refractivity contribution is -0.196. The third-order valence-electron chi connectivity index (χ3n) is 8.85. The molecule has 0 aromatic heterocycles. The molecule has 0 heterocycles. The Labute approximate surface area is 153 Å². The number of Topliss-reactive ketones (excluding diaryl/α,β-unsaturated/α-hetero) is 3. The second-order valence-electron chi connectivity index (χ2n) is 9.72. The largest absolute Gasteiger partial charge is 0.389 e. The van der Waals surface area contributed by atoms with Gasteiger partial charge in [0.1, 0.15) is 12.4 Å². The van der Waals surface area contributed by atoms with Gasteiger partial charge < -0.3 is 5.11 Å². The Hall–Kier alpha value is -1.10. The number of alkyl halides is 1. The van der Waals surface area contributed by atoms with Crippen molar-refractivity contribution in [3.63, 3.8) is 0 Å². The van der Waals surface area contributed by atoms with Crippen molar-refractivity contribution in [1.82, 2.24) is 0 Å². The SMILES string of the molecule is C[C@]12CC(=O)[C@@]3(F)[C@@H](CC[C@@H]4CC(=O)CC[C@@]43C)[C@@H]1CC[C@@H]2C(=O)CO. The third kappa shape index (κ3) is 2.07. The molecule has 0 spiro atoms. The molecule has 0 aromatic rings. The van der Waals surface area contributed by atoms with Crippen LogP contribution in [0.2, 0.25) is 0 Å². The van der Waals surface area contributed by atoms with E-state index in [4.69, 9.17) is 0 Å². The van der Waals surface area contributed by atoms with Gasteiger partial charge in [-0.1, -0.05) is 13.8 Å². The van der Waals surface area contributed by atoms with Crippen molar-refractivity contribution in [3.8, 4) is 0 Å². The second-order valence-corrected chi connectivity index (χ2v) is 9.72. The van der Waals surface area contributed by atoms with Crippen LogP contribution in [0.25, 0.3) is 0 Å². The standard InChI is InChI=1S/C21H29FO4/c1-19-10-18(26)21(22)15(14(19)5-6-16(19)17(25)11-23)4-3-12-9-13(24)7-8-20(12,21)2/h12,14-16,23H,3-11H2,1-2H3/t12-,14+,15+,16-,19+,20+,21+/m1/s1. The average molecular weight is 364 g/mol. The van der Waals surface area contributed by atoms with E-state index >= 15 is 4.39 Å². The van der Waals surface area contributed by atoms with Gasteiger partial charge in [-0.05, 0) is 49.4 Å². The summed E-state index contributed by atoms with van der Waals surface area (Å²) in [6.45, 7) is 3.34. The van der Waals surface area contributed by atoms with Gasteiger partial charge in [-0.2, -0.15) is 0 Å². The zero-order chi connectivity index (χ0) is 18.9. The monoisotopic (exact) mass is 364 g/mol. The Morgan fingerprint density at radius 2 is 1.85 bits per heavy atom. The van der Waals surface area contributed by atoms with Crippen LogP contribution in [-0.4, -0.2) is 34.7 Å². The van der Waals surface area contributed by atoms with E-state index in [1.54, 1.807) is 0 Å². The number of rotatable bonds is 2. The summed E-state index contributed by atoms with van der Waals surface area (Å²) in [5.41, 5.74) is -3.18. The van der Waals surface area contributed by atoms with Crippen LogP contribution in [0.15, 0.2) is 0 Å². The van der Waals surface area contributed by atoms with Crippen LogP contribution in [0.1, 0.15) is 65.2 Å². The molecule has 0 saturated heterocycles. The summed E-state index contributed by atoms with van der Waals surface area (Å²) in [7, 11) is 0. The van der Waals surface area contributed by atoms with E-state index < -0.39 is 23.1 Å². The molecule has 5 heteroatoms. The highest BCUT2D eigenvalue weighted by molar-refractivity contribution is 5.93. The topological polar surface area (TPSA) is 71.4 Å². The quantitative estimate of drug-likeness (QED) is 0.817. The van der Waals surface area contributed by atoms with Crippen LogP contribution in [0.4, 0.5) is 4.39 Å². The summed E-state index contributed by atoms with van der Waals surface area (Å²) in [6, 6.07) is 0. The summed E-state index contributed by atoms with van der Waals surface area (Å²) in [4.78, 5) is 37.4. The highest BCUT2D eigenvalue weighted by atomic mass is 19.1. The lowest BCUT2D eigenvalue weighted by Crippen LogP contribution is -2.67. The van der Waals surface area contributed by atoms with Gasteiger partial charge in [-0.3, -0.25) is 14.4 Å². The molecule has 4 aliphatic carbocycles. The molecular weight excluding hydrogens is 335 g/mol. The highest BCUT2D eigenvalue weighted by Gasteiger charge is 2.72. The van der Waals surface area contributed by atoms with E-state index in [1.807, 2.05) is 13.8 Å². The van der Waals surface area contributed by atoms with E-state index in [0.717, 1.165) is 12.8 Å². The van der Waals surface area contributed by atoms with Gasteiger partial charge in [0.25, 0.3) is 0 Å². The summed E-state index contributed by atoms with van der Waals surface area (Å²) in [6.07, 6.45) is 4.10. The van der Waals surface area contributed by atoms with Crippen molar-refractivity contribution >= 4 is 17.3 Å². The van der Waals surface area contributed by atoms with Gasteiger partial charge in [-0.25, -0.2) is 4.39 Å². The van der Waals surface area contributed by atoms with Crippen LogP contribution in [-0.2, 0) is 14.4 Å². The number of hydrogen-bond acceptors (Lipinski definition) is 4. The maximum Gasteiger partial charge on any atom is 0.177 e. The molecule has 4 aliphatic rings. The van der Waals surface area contributed by atoms with Crippen molar-refractivity contribution in [2.45, 2.75) is 70.9 Å². The number of carbonyl (C=O) groups is 3. The van der Waals surface area contributed by atoms with Crippen LogP contribution in [0.5, 0.6) is 0 Å². The predicted molar refractivity (Wildman–Crippen MR) is 93.1 cm³/mol. The van der Waals surface area contributed by atoms with Gasteiger partial charge in [0.2, 0.25) is 0 Å². The van der Waals surface area contributed by atoms with E-state index in [9.17, 15) is 19.5 Å². The molecule has 0 aliphatic heterocycles. The van der Waals surface area contributed by atoms with Crippen molar-refractivity contribution in [1.29, 1.82) is 0 Å². The molecule has 0 radical (unpaired) electrons. The minimum atomic E-state index is -1.88. The molecule has 144 valence electrons. The van der Waals surface area contributed by atoms with Gasteiger partial charge in [0.15, 0.2) is 17.2 Å². The van der Waals surface area contributed by atoms with Crippen molar-refractivity contribution in [2.75, 3.05) is 6.61 Å². The van der Waals surface area contributed by atoms with E-state index in [2.05, 4.69) is 0 Å². The average Bonchev–Trinajstić information content (AvgIpc) is 2.93. The zero-order valence-corrected chi connectivity index (χ0v) is 15.7. The van der Waals surface area contributed by atoms with Crippen LogP contribution in [0.3, 0.4) is 0 Å². The molecule has 0 amide bonds. The van der Waals surface area contributed by atoms with Crippen LogP contribution < -0.4 is 0 Å². The first-order chi connectivity index (χ1) is 12.2. The number of aliphatic hydroxyl groups is 1. The smallest absolute Gasteiger partial charge is 0.177 e. The molecule has 0 aromatic carbocycles. The Morgan fingerprint density at radius 1 is 1.15 bits per heavy atom. The van der Waals surface area contributed by atoms with Gasteiger partial charge in [0.05, 0.1) is 0 Å². The van der Waals surface area contributed by atoms with E-state index in [-0.39, 0.29) is 47.4 Å². The van der Waals surface area contributed by atoms with E-state index in [1.165, 1.54) is 0 Å². The minimum absolute atomic E-state index is 0.00102. The van der Waals surface area contributed by atoms with Gasteiger partial charge in [-0.15, -0.1) is 0 Å². The fourth-order valence-corrected chi connectivity index (χ4v) is 7.40. The molecule has 4 nitrogen and oxygen atoms in total. The third-order valence-corrected chi connectivity index (χ3v) is 8.85. The Morgan fingerprint density at radius 3 is 2.54 bits per heavy atom. The first-order valence-electron chi connectivity index (χ1n) is 10.1. The molecule has 0 bridgehead atoms. The van der Waals surface area contributed by atoms with Crippen molar-refractivity contribution < 1.29 is 23.9 Å². The predicted octanol–water partition coefficient (Wildman–Crippen LogP) is 3.05. The molecule has 26 heavy (non-hydrogen) atoms. The first-order valence-corrected chi connectivity index (χ1v) is 10.1. The zero-order valence-electron chi connectivity index (χ0n) is 15.7. The molecule has 4 saturated carbocycles. The Bertz CT molecular complexity index is 675. The second kappa shape index (κ2) is 5.70. The molecule has 4 fully saturated rings. The van der Waals surface area contributed by atoms with Gasteiger partial charge >= 0.3 is 0 Å². The summed E-state index contributed by atoms with van der Waals surface area (Å²) < 4.78 is 16.7. The molecule has 7 atom stereocenters. The van der Waals surface area contributed by atoms with E-state index in [0.29, 0.717) is 32.1 Å². The number of aliphatic hydroxyl groups excluding tert-OH is 1. The van der Waals surface area contributed by atoms with Gasteiger partial charge in [0, 0.05) is 36.5 Å². The fourth-order valence-electron chi connectivity index (χ4n) is 7.40. The summed E-state index contributed by atoms with van der Waals surface area (Å²) in [5, 5.41) is 9.33.